The molecule has 1 aliphatic carbocycles. The second kappa shape index (κ2) is 5.02. The standard InChI is InChI=1S/C12H13BrClN3O2/c1-6-4-7(13)9(5-8(6)14)16-11(18)12(2-3-12)10(15)17-19/h4-5,19H,2-3H2,1H3,(H2,15,17)(H,16,18). The summed E-state index contributed by atoms with van der Waals surface area (Å²) in [5.74, 6) is -0.345. The Morgan fingerprint density at radius 1 is 1.58 bits per heavy atom. The first-order valence-electron chi connectivity index (χ1n) is 5.66. The van der Waals surface area contributed by atoms with Crippen LogP contribution in [0.25, 0.3) is 0 Å². The summed E-state index contributed by atoms with van der Waals surface area (Å²) in [5.41, 5.74) is 6.15. The highest BCUT2D eigenvalue weighted by atomic mass is 79.9. The lowest BCUT2D eigenvalue weighted by molar-refractivity contribution is -0.119. The summed E-state index contributed by atoms with van der Waals surface area (Å²) in [6.45, 7) is 1.87. The second-order valence-corrected chi connectivity index (χ2v) is 5.86. The Balaban J connectivity index is 2.23. The summed E-state index contributed by atoms with van der Waals surface area (Å²) >= 11 is 9.40. The molecule has 1 amide bonds. The number of halogens is 2. The van der Waals surface area contributed by atoms with E-state index in [1.165, 1.54) is 0 Å². The van der Waals surface area contributed by atoms with Crippen LogP contribution < -0.4 is 11.1 Å². The summed E-state index contributed by atoms with van der Waals surface area (Å²) < 4.78 is 0.734. The molecule has 1 aromatic rings. The fourth-order valence-electron chi connectivity index (χ4n) is 1.80. The molecule has 0 bridgehead atoms. The summed E-state index contributed by atoms with van der Waals surface area (Å²) in [7, 11) is 0. The Labute approximate surface area is 123 Å². The highest BCUT2D eigenvalue weighted by molar-refractivity contribution is 9.10. The van der Waals surface area contributed by atoms with Crippen molar-refractivity contribution in [3.63, 3.8) is 0 Å². The van der Waals surface area contributed by atoms with Gasteiger partial charge in [-0.2, -0.15) is 0 Å². The lowest BCUT2D eigenvalue weighted by Crippen LogP contribution is -2.36. The van der Waals surface area contributed by atoms with Gasteiger partial charge in [0.2, 0.25) is 5.91 Å². The number of hydrogen-bond acceptors (Lipinski definition) is 3. The van der Waals surface area contributed by atoms with E-state index in [1.54, 1.807) is 6.07 Å². The van der Waals surface area contributed by atoms with Gasteiger partial charge in [-0.05, 0) is 53.4 Å². The summed E-state index contributed by atoms with van der Waals surface area (Å²) in [6.07, 6.45) is 1.15. The molecule has 0 atom stereocenters. The lowest BCUT2D eigenvalue weighted by atomic mass is 10.1. The van der Waals surface area contributed by atoms with Crippen LogP contribution in [0.4, 0.5) is 5.69 Å². The highest BCUT2D eigenvalue weighted by Crippen LogP contribution is 2.47. The van der Waals surface area contributed by atoms with Crippen LogP contribution in [0.5, 0.6) is 0 Å². The zero-order valence-corrected chi connectivity index (χ0v) is 12.5. The minimum absolute atomic E-state index is 0.0562. The van der Waals surface area contributed by atoms with E-state index in [0.29, 0.717) is 23.6 Å². The summed E-state index contributed by atoms with van der Waals surface area (Å²) in [4.78, 5) is 12.2. The van der Waals surface area contributed by atoms with Gasteiger partial charge >= 0.3 is 0 Å². The van der Waals surface area contributed by atoms with E-state index in [1.807, 2.05) is 13.0 Å². The van der Waals surface area contributed by atoms with Gasteiger partial charge in [-0.3, -0.25) is 4.79 Å². The van der Waals surface area contributed by atoms with Crippen LogP contribution in [0.1, 0.15) is 18.4 Å². The minimum Gasteiger partial charge on any atom is -0.409 e. The van der Waals surface area contributed by atoms with Crippen LogP contribution in [0.2, 0.25) is 5.02 Å². The molecule has 1 aromatic carbocycles. The van der Waals surface area contributed by atoms with Crippen molar-refractivity contribution < 1.29 is 10.0 Å². The first kappa shape index (κ1) is 14.1. The van der Waals surface area contributed by atoms with Gasteiger partial charge < -0.3 is 16.3 Å². The molecular weight excluding hydrogens is 334 g/mol. The topological polar surface area (TPSA) is 87.7 Å². The Morgan fingerprint density at radius 3 is 2.74 bits per heavy atom. The SMILES string of the molecule is Cc1cc(Br)c(NC(=O)C2(/C(N)=N/O)CC2)cc1Cl. The molecule has 0 spiro atoms. The first-order valence-corrected chi connectivity index (χ1v) is 6.83. The van der Waals surface area contributed by atoms with Gasteiger partial charge in [-0.25, -0.2) is 0 Å². The van der Waals surface area contributed by atoms with E-state index in [9.17, 15) is 4.79 Å². The largest absolute Gasteiger partial charge is 0.409 e. The van der Waals surface area contributed by atoms with Crippen LogP contribution in [0.3, 0.4) is 0 Å². The van der Waals surface area contributed by atoms with Crippen LogP contribution >= 0.6 is 27.5 Å². The third-order valence-corrected chi connectivity index (χ3v) is 4.34. The van der Waals surface area contributed by atoms with Gasteiger partial charge in [0.15, 0.2) is 5.84 Å². The van der Waals surface area contributed by atoms with Crippen LogP contribution in [-0.2, 0) is 4.79 Å². The molecule has 7 heteroatoms. The van der Waals surface area contributed by atoms with E-state index < -0.39 is 5.41 Å². The molecule has 0 aromatic heterocycles. The molecule has 2 rings (SSSR count). The highest BCUT2D eigenvalue weighted by Gasteiger charge is 2.54. The van der Waals surface area contributed by atoms with Gasteiger partial charge in [0, 0.05) is 9.50 Å². The number of nitrogens with two attached hydrogens (primary N) is 1. The molecule has 0 aliphatic heterocycles. The maximum atomic E-state index is 12.2. The monoisotopic (exact) mass is 345 g/mol. The van der Waals surface area contributed by atoms with E-state index >= 15 is 0 Å². The zero-order valence-electron chi connectivity index (χ0n) is 10.2. The number of amidine groups is 1. The van der Waals surface area contributed by atoms with Crippen LogP contribution in [-0.4, -0.2) is 17.0 Å². The normalized spacial score (nSPS) is 17.1. The van der Waals surface area contributed by atoms with E-state index in [0.717, 1.165) is 10.0 Å². The van der Waals surface area contributed by atoms with E-state index in [4.69, 9.17) is 22.5 Å². The summed E-state index contributed by atoms with van der Waals surface area (Å²) in [5, 5.41) is 15.0. The van der Waals surface area contributed by atoms with Crippen molar-refractivity contribution in [1.29, 1.82) is 0 Å². The maximum Gasteiger partial charge on any atom is 0.238 e. The number of carbonyl (C=O) groups is 1. The molecule has 1 saturated carbocycles. The molecule has 0 radical (unpaired) electrons. The number of aryl methyl sites for hydroxylation is 1. The van der Waals surface area contributed by atoms with Crippen LogP contribution in [0.15, 0.2) is 21.8 Å². The van der Waals surface area contributed by atoms with Crippen molar-refractivity contribution in [2.24, 2.45) is 16.3 Å². The number of carbonyl (C=O) groups excluding carboxylic acids is 1. The Kier molecular flexibility index (Phi) is 3.73. The number of benzene rings is 1. The molecule has 5 nitrogen and oxygen atoms in total. The molecular formula is C12H13BrClN3O2. The van der Waals surface area contributed by atoms with Crippen molar-refractivity contribution in [2.75, 3.05) is 5.32 Å². The van der Waals surface area contributed by atoms with Gasteiger partial charge in [-0.1, -0.05) is 16.8 Å². The quantitative estimate of drug-likeness (QED) is 0.340. The second-order valence-electron chi connectivity index (χ2n) is 4.60. The predicted molar refractivity (Wildman–Crippen MR) is 77.6 cm³/mol. The number of anilines is 1. The third-order valence-electron chi connectivity index (χ3n) is 3.28. The fourth-order valence-corrected chi connectivity index (χ4v) is 2.52. The number of amides is 1. The average Bonchev–Trinajstić information content (AvgIpc) is 3.16. The van der Waals surface area contributed by atoms with E-state index in [-0.39, 0.29) is 11.7 Å². The molecule has 19 heavy (non-hydrogen) atoms. The predicted octanol–water partition coefficient (Wildman–Crippen LogP) is 2.88. The van der Waals surface area contributed by atoms with Crippen molar-refractivity contribution in [1.82, 2.24) is 0 Å². The minimum atomic E-state index is -0.883. The van der Waals surface area contributed by atoms with Crippen molar-refractivity contribution >= 4 is 45.0 Å². The van der Waals surface area contributed by atoms with Gasteiger partial charge in [0.05, 0.1) is 5.69 Å². The molecule has 0 saturated heterocycles. The summed E-state index contributed by atoms with van der Waals surface area (Å²) in [6, 6.07) is 3.49. The molecule has 0 heterocycles. The smallest absolute Gasteiger partial charge is 0.238 e. The lowest BCUT2D eigenvalue weighted by Gasteiger charge is -2.15. The number of nitrogens with zero attached hydrogens (tertiary/aromatic N) is 1. The molecule has 1 fully saturated rings. The van der Waals surface area contributed by atoms with Crippen molar-refractivity contribution in [3.8, 4) is 0 Å². The van der Waals surface area contributed by atoms with Gasteiger partial charge in [0.25, 0.3) is 0 Å². The van der Waals surface area contributed by atoms with Crippen LogP contribution in [0, 0.1) is 12.3 Å². The Bertz CT molecular complexity index is 570. The third kappa shape index (κ3) is 2.55. The van der Waals surface area contributed by atoms with Gasteiger partial charge in [0.1, 0.15) is 5.41 Å². The molecule has 0 unspecified atom stereocenters. The molecule has 4 N–H and O–H groups in total. The molecule has 1 aliphatic rings. The van der Waals surface area contributed by atoms with Crippen molar-refractivity contribution in [2.45, 2.75) is 19.8 Å². The van der Waals surface area contributed by atoms with E-state index in [2.05, 4.69) is 26.4 Å². The Morgan fingerprint density at radius 2 is 2.21 bits per heavy atom. The first-order chi connectivity index (χ1) is 8.90. The number of nitrogens with one attached hydrogen (secondary N) is 1. The fraction of sp³-hybridized carbons (Fsp3) is 0.333. The van der Waals surface area contributed by atoms with Gasteiger partial charge in [-0.15, -0.1) is 0 Å². The number of hydrogen-bond donors (Lipinski definition) is 3. The number of oxime groups is 1. The average molecular weight is 347 g/mol. The zero-order chi connectivity index (χ0) is 14.2. The maximum absolute atomic E-state index is 12.2. The number of rotatable bonds is 3. The van der Waals surface area contributed by atoms with Crippen molar-refractivity contribution in [3.05, 3.63) is 27.2 Å². The Hall–Kier alpha value is -1.27. The molecule has 102 valence electrons.